The highest BCUT2D eigenvalue weighted by atomic mass is 16.5. The molecular formula is C19H23NO4. The van der Waals surface area contributed by atoms with Gasteiger partial charge in [0.1, 0.15) is 11.3 Å². The number of carbonyl (C=O) groups is 1. The van der Waals surface area contributed by atoms with E-state index < -0.39 is 5.63 Å². The lowest BCUT2D eigenvalue weighted by Crippen LogP contribution is -2.44. The van der Waals surface area contributed by atoms with Crippen molar-refractivity contribution in [2.24, 2.45) is 0 Å². The third-order valence-corrected chi connectivity index (χ3v) is 4.80. The monoisotopic (exact) mass is 329 g/mol. The van der Waals surface area contributed by atoms with Gasteiger partial charge in [0, 0.05) is 30.1 Å². The van der Waals surface area contributed by atoms with Gasteiger partial charge in [0.05, 0.1) is 13.5 Å². The van der Waals surface area contributed by atoms with Crippen molar-refractivity contribution in [3.63, 3.8) is 0 Å². The highest BCUT2D eigenvalue weighted by molar-refractivity contribution is 5.88. The summed E-state index contributed by atoms with van der Waals surface area (Å²) in [5, 5.41) is 0.786. The third-order valence-electron chi connectivity index (χ3n) is 4.80. The Morgan fingerprint density at radius 2 is 2.17 bits per heavy atom. The second-order valence-corrected chi connectivity index (χ2v) is 6.27. The molecule has 128 valence electrons. The second-order valence-electron chi connectivity index (χ2n) is 6.27. The summed E-state index contributed by atoms with van der Waals surface area (Å²) in [6.07, 6.45) is 4.50. The van der Waals surface area contributed by atoms with Crippen LogP contribution in [0.1, 0.15) is 38.2 Å². The molecule has 1 amide bonds. The van der Waals surface area contributed by atoms with Crippen LogP contribution < -0.4 is 10.4 Å². The van der Waals surface area contributed by atoms with Crippen LogP contribution in [0.15, 0.2) is 33.5 Å². The highest BCUT2D eigenvalue weighted by Crippen LogP contribution is 2.25. The molecular weight excluding hydrogens is 306 g/mol. The Morgan fingerprint density at radius 3 is 2.92 bits per heavy atom. The number of amides is 1. The number of rotatable bonds is 4. The maximum atomic E-state index is 12.8. The first-order valence-electron chi connectivity index (χ1n) is 8.52. The van der Waals surface area contributed by atoms with Crippen molar-refractivity contribution in [2.75, 3.05) is 13.7 Å². The van der Waals surface area contributed by atoms with Crippen LogP contribution in [0.4, 0.5) is 0 Å². The molecule has 1 aliphatic heterocycles. The fourth-order valence-electron chi connectivity index (χ4n) is 3.50. The molecule has 1 aliphatic rings. The molecule has 2 heterocycles. The highest BCUT2D eigenvalue weighted by Gasteiger charge is 2.25. The van der Waals surface area contributed by atoms with Crippen LogP contribution in [-0.4, -0.2) is 30.5 Å². The van der Waals surface area contributed by atoms with Gasteiger partial charge < -0.3 is 14.1 Å². The number of nitrogens with zero attached hydrogens (tertiary/aromatic N) is 1. The van der Waals surface area contributed by atoms with Crippen LogP contribution in [0, 0.1) is 0 Å². The second kappa shape index (κ2) is 7.07. The zero-order valence-electron chi connectivity index (χ0n) is 14.2. The quantitative estimate of drug-likeness (QED) is 0.809. The van der Waals surface area contributed by atoms with Crippen molar-refractivity contribution >= 4 is 16.9 Å². The predicted octanol–water partition coefficient (Wildman–Crippen LogP) is 3.14. The van der Waals surface area contributed by atoms with E-state index in [1.165, 1.54) is 12.5 Å². The van der Waals surface area contributed by atoms with E-state index in [0.29, 0.717) is 22.9 Å². The Hall–Kier alpha value is -2.30. The summed E-state index contributed by atoms with van der Waals surface area (Å²) >= 11 is 0. The first kappa shape index (κ1) is 16.6. The van der Waals surface area contributed by atoms with Crippen LogP contribution in [0.2, 0.25) is 0 Å². The molecule has 24 heavy (non-hydrogen) atoms. The van der Waals surface area contributed by atoms with E-state index in [1.54, 1.807) is 13.2 Å². The Balaban J connectivity index is 1.91. The van der Waals surface area contributed by atoms with Gasteiger partial charge in [0.2, 0.25) is 5.91 Å². The number of fused-ring (bicyclic) bond motifs is 1. The van der Waals surface area contributed by atoms with E-state index >= 15 is 0 Å². The van der Waals surface area contributed by atoms with Crippen molar-refractivity contribution in [1.29, 1.82) is 0 Å². The molecule has 5 nitrogen and oxygen atoms in total. The third kappa shape index (κ3) is 3.30. The number of benzene rings is 1. The Morgan fingerprint density at radius 1 is 1.33 bits per heavy atom. The minimum Gasteiger partial charge on any atom is -0.497 e. The summed E-state index contributed by atoms with van der Waals surface area (Å²) in [7, 11) is 1.56. The molecule has 1 aromatic heterocycles. The van der Waals surface area contributed by atoms with Crippen molar-refractivity contribution in [2.45, 2.75) is 45.1 Å². The molecule has 2 aromatic rings. The van der Waals surface area contributed by atoms with Crippen molar-refractivity contribution in [3.8, 4) is 5.75 Å². The van der Waals surface area contributed by atoms with Gasteiger partial charge in [-0.3, -0.25) is 4.79 Å². The minimum absolute atomic E-state index is 0.0873. The van der Waals surface area contributed by atoms with Gasteiger partial charge in [-0.2, -0.15) is 0 Å². The van der Waals surface area contributed by atoms with Gasteiger partial charge >= 0.3 is 5.63 Å². The van der Waals surface area contributed by atoms with Crippen LogP contribution in [0.3, 0.4) is 0 Å². The Kier molecular flexibility index (Phi) is 4.88. The van der Waals surface area contributed by atoms with Gasteiger partial charge in [-0.15, -0.1) is 0 Å². The number of methoxy groups -OCH3 is 1. The molecule has 0 bridgehead atoms. The number of piperidine rings is 1. The lowest BCUT2D eigenvalue weighted by atomic mass is 9.98. The van der Waals surface area contributed by atoms with Crippen LogP contribution >= 0.6 is 0 Å². The average molecular weight is 329 g/mol. The number of hydrogen-bond donors (Lipinski definition) is 0. The van der Waals surface area contributed by atoms with Gasteiger partial charge in [-0.25, -0.2) is 4.79 Å². The van der Waals surface area contributed by atoms with Gasteiger partial charge in [0.15, 0.2) is 0 Å². The summed E-state index contributed by atoms with van der Waals surface area (Å²) in [6, 6.07) is 7.08. The lowest BCUT2D eigenvalue weighted by Gasteiger charge is -2.35. The van der Waals surface area contributed by atoms with Crippen LogP contribution in [0.25, 0.3) is 11.0 Å². The summed E-state index contributed by atoms with van der Waals surface area (Å²) in [6.45, 7) is 2.93. The topological polar surface area (TPSA) is 59.8 Å². The maximum Gasteiger partial charge on any atom is 0.336 e. The molecule has 0 unspecified atom stereocenters. The number of likely N-dealkylation sites (tertiary alicyclic amines) is 1. The van der Waals surface area contributed by atoms with Gasteiger partial charge in [-0.05, 0) is 43.4 Å². The molecule has 0 saturated carbocycles. The minimum atomic E-state index is -0.441. The standard InChI is InChI=1S/C19H23NO4/c1-3-14-6-4-5-9-20(14)18(21)10-13-11-19(22)24-17-12-15(23-2)7-8-16(13)17/h7-8,11-12,14H,3-6,9-10H2,1-2H3/t14-/m1/s1. The molecule has 1 saturated heterocycles. The van der Waals surface area contributed by atoms with Gasteiger partial charge in [-0.1, -0.05) is 6.92 Å². The predicted molar refractivity (Wildman–Crippen MR) is 92.4 cm³/mol. The normalized spacial score (nSPS) is 17.9. The lowest BCUT2D eigenvalue weighted by molar-refractivity contribution is -0.134. The smallest absolute Gasteiger partial charge is 0.336 e. The van der Waals surface area contributed by atoms with E-state index in [9.17, 15) is 9.59 Å². The number of ether oxygens (including phenoxy) is 1. The summed E-state index contributed by atoms with van der Waals surface area (Å²) < 4.78 is 10.4. The zero-order valence-corrected chi connectivity index (χ0v) is 14.2. The summed E-state index contributed by atoms with van der Waals surface area (Å²) in [5.41, 5.74) is 0.730. The number of carbonyl (C=O) groups excluding carboxylic acids is 1. The van der Waals surface area contributed by atoms with Crippen LogP contribution in [-0.2, 0) is 11.2 Å². The first-order chi connectivity index (χ1) is 11.6. The average Bonchev–Trinajstić information content (AvgIpc) is 2.60. The maximum absolute atomic E-state index is 12.8. The Bertz CT molecular complexity index is 796. The van der Waals surface area contributed by atoms with E-state index in [2.05, 4.69) is 6.92 Å². The molecule has 1 atom stereocenters. The van der Waals surface area contributed by atoms with Crippen LogP contribution in [0.5, 0.6) is 5.75 Å². The van der Waals surface area contributed by atoms with Gasteiger partial charge in [0.25, 0.3) is 0 Å². The molecule has 1 fully saturated rings. The van der Waals surface area contributed by atoms with E-state index in [0.717, 1.165) is 31.2 Å². The van der Waals surface area contributed by atoms with Crippen molar-refractivity contribution in [3.05, 3.63) is 40.2 Å². The molecule has 0 spiro atoms. The van der Waals surface area contributed by atoms with E-state index in [4.69, 9.17) is 9.15 Å². The molecule has 1 aromatic carbocycles. The molecule has 5 heteroatoms. The first-order valence-corrected chi connectivity index (χ1v) is 8.52. The fourth-order valence-corrected chi connectivity index (χ4v) is 3.50. The van der Waals surface area contributed by atoms with E-state index in [-0.39, 0.29) is 12.3 Å². The molecule has 3 rings (SSSR count). The largest absolute Gasteiger partial charge is 0.497 e. The Labute approximate surface area is 141 Å². The fraction of sp³-hybridized carbons (Fsp3) is 0.474. The summed E-state index contributed by atoms with van der Waals surface area (Å²) in [4.78, 5) is 26.6. The SMILES string of the molecule is CC[C@@H]1CCCCN1C(=O)Cc1cc(=O)oc2cc(OC)ccc12. The molecule has 0 aliphatic carbocycles. The van der Waals surface area contributed by atoms with E-state index in [1.807, 2.05) is 17.0 Å². The van der Waals surface area contributed by atoms with Crippen molar-refractivity contribution < 1.29 is 13.9 Å². The molecule has 0 N–H and O–H groups in total. The van der Waals surface area contributed by atoms with Crippen molar-refractivity contribution in [1.82, 2.24) is 4.90 Å². The molecule has 0 radical (unpaired) electrons. The zero-order chi connectivity index (χ0) is 17.1. The summed E-state index contributed by atoms with van der Waals surface area (Å²) in [5.74, 6) is 0.709. The number of hydrogen-bond acceptors (Lipinski definition) is 4.